The summed E-state index contributed by atoms with van der Waals surface area (Å²) in [6.45, 7) is 1.08. The molecular formula is C16H22N2O3S3. The van der Waals surface area contributed by atoms with Crippen molar-refractivity contribution >= 4 is 45.0 Å². The van der Waals surface area contributed by atoms with Crippen LogP contribution in [0.15, 0.2) is 24.3 Å². The predicted molar refractivity (Wildman–Crippen MR) is 102 cm³/mol. The first kappa shape index (κ1) is 18.1. The van der Waals surface area contributed by atoms with Gasteiger partial charge in [0.2, 0.25) is 5.91 Å². The Morgan fingerprint density at radius 1 is 1.25 bits per heavy atom. The number of hydrogen-bond acceptors (Lipinski definition) is 6. The summed E-state index contributed by atoms with van der Waals surface area (Å²) in [5.41, 5.74) is 1.84. The van der Waals surface area contributed by atoms with Crippen LogP contribution in [0.2, 0.25) is 0 Å². The van der Waals surface area contributed by atoms with E-state index in [2.05, 4.69) is 16.7 Å². The average molecular weight is 387 g/mol. The van der Waals surface area contributed by atoms with Crippen molar-refractivity contribution in [1.29, 1.82) is 0 Å². The third-order valence-corrected chi connectivity index (χ3v) is 9.69. The number of carbonyl (C=O) groups excluding carboxylic acids is 1. The Morgan fingerprint density at radius 3 is 2.54 bits per heavy atom. The maximum atomic E-state index is 12.8. The molecule has 1 amide bonds. The van der Waals surface area contributed by atoms with Gasteiger partial charge in [0.05, 0.1) is 4.58 Å². The van der Waals surface area contributed by atoms with Gasteiger partial charge >= 0.3 is 0 Å². The van der Waals surface area contributed by atoms with E-state index in [1.54, 1.807) is 0 Å². The second kappa shape index (κ2) is 7.27. The zero-order chi connectivity index (χ0) is 17.2. The molecule has 0 aliphatic carbocycles. The number of piperidine rings is 1. The third-order valence-electron chi connectivity index (χ3n) is 4.57. The molecule has 5 nitrogen and oxygen atoms in total. The van der Waals surface area contributed by atoms with Gasteiger partial charge in [0.25, 0.3) is 0 Å². The van der Waals surface area contributed by atoms with E-state index >= 15 is 0 Å². The van der Waals surface area contributed by atoms with Gasteiger partial charge in [-0.1, -0.05) is 12.1 Å². The van der Waals surface area contributed by atoms with Crippen molar-refractivity contribution in [2.75, 3.05) is 36.2 Å². The summed E-state index contributed by atoms with van der Waals surface area (Å²) < 4.78 is 23.7. The van der Waals surface area contributed by atoms with Crippen molar-refractivity contribution in [3.63, 3.8) is 0 Å². The van der Waals surface area contributed by atoms with Gasteiger partial charge < -0.3 is 10.6 Å². The fraction of sp³-hybridized carbons (Fsp3) is 0.562. The number of hydrogen-bond donors (Lipinski definition) is 2. The van der Waals surface area contributed by atoms with Crippen molar-refractivity contribution in [3.05, 3.63) is 29.8 Å². The molecule has 3 rings (SSSR count). The maximum absolute atomic E-state index is 12.8. The van der Waals surface area contributed by atoms with Crippen LogP contribution in [0.3, 0.4) is 0 Å². The van der Waals surface area contributed by atoms with Crippen LogP contribution in [-0.4, -0.2) is 49.9 Å². The van der Waals surface area contributed by atoms with Crippen molar-refractivity contribution in [2.45, 2.75) is 22.2 Å². The van der Waals surface area contributed by atoms with Gasteiger partial charge in [-0.2, -0.15) is 0 Å². The molecule has 2 saturated heterocycles. The standard InChI is InChI=1S/C16H22N2O3S3/c1-24(20,21)16(5-7-17-8-6-16)15(19)18-13-4-2-3-12(11-13)14-22-9-10-23-14/h2-4,11,14,17H,5-10H2,1H3,(H,18,19). The molecule has 1 aromatic carbocycles. The fourth-order valence-corrected chi connectivity index (χ4v) is 7.33. The minimum absolute atomic E-state index is 0.311. The van der Waals surface area contributed by atoms with Crippen LogP contribution >= 0.6 is 23.5 Å². The van der Waals surface area contributed by atoms with Crippen LogP contribution in [0.5, 0.6) is 0 Å². The molecule has 2 heterocycles. The lowest BCUT2D eigenvalue weighted by molar-refractivity contribution is -0.119. The average Bonchev–Trinajstić information content (AvgIpc) is 3.09. The molecular weight excluding hydrogens is 364 g/mol. The Hall–Kier alpha value is -0.700. The van der Waals surface area contributed by atoms with E-state index in [4.69, 9.17) is 0 Å². The largest absolute Gasteiger partial charge is 0.325 e. The second-order valence-corrected chi connectivity index (χ2v) is 11.2. The van der Waals surface area contributed by atoms with Gasteiger partial charge in [-0.15, -0.1) is 23.5 Å². The summed E-state index contributed by atoms with van der Waals surface area (Å²) in [6, 6.07) is 7.76. The number of carbonyl (C=O) groups is 1. The molecule has 0 spiro atoms. The Bertz CT molecular complexity index is 709. The molecule has 0 radical (unpaired) electrons. The molecule has 2 fully saturated rings. The number of rotatable bonds is 4. The zero-order valence-electron chi connectivity index (χ0n) is 13.6. The van der Waals surface area contributed by atoms with E-state index in [0.29, 0.717) is 36.2 Å². The SMILES string of the molecule is CS(=O)(=O)C1(C(=O)Nc2cccc(C3SCCS3)c2)CCNCC1. The Balaban J connectivity index is 1.81. The molecule has 0 saturated carbocycles. The second-order valence-electron chi connectivity index (χ2n) is 6.17. The Morgan fingerprint density at radius 2 is 1.92 bits per heavy atom. The summed E-state index contributed by atoms with van der Waals surface area (Å²) in [4.78, 5) is 12.8. The highest BCUT2D eigenvalue weighted by molar-refractivity contribution is 8.19. The number of thioether (sulfide) groups is 2. The molecule has 0 bridgehead atoms. The topological polar surface area (TPSA) is 75.3 Å². The van der Waals surface area contributed by atoms with Gasteiger partial charge in [-0.05, 0) is 43.6 Å². The van der Waals surface area contributed by atoms with Crippen molar-refractivity contribution in [1.82, 2.24) is 5.32 Å². The fourth-order valence-electron chi connectivity index (χ4n) is 3.16. The van der Waals surface area contributed by atoms with Crippen LogP contribution in [0.4, 0.5) is 5.69 Å². The molecule has 2 N–H and O–H groups in total. The Kier molecular flexibility index (Phi) is 5.48. The predicted octanol–water partition coefficient (Wildman–Crippen LogP) is 2.27. The van der Waals surface area contributed by atoms with Crippen LogP contribution in [0, 0.1) is 0 Å². The number of anilines is 1. The molecule has 0 atom stereocenters. The van der Waals surface area contributed by atoms with Crippen molar-refractivity contribution in [2.24, 2.45) is 0 Å². The first-order valence-corrected chi connectivity index (χ1v) is 12.0. The molecule has 132 valence electrons. The minimum Gasteiger partial charge on any atom is -0.325 e. The molecule has 0 aromatic heterocycles. The minimum atomic E-state index is -3.49. The number of sulfone groups is 1. The number of nitrogens with one attached hydrogen (secondary N) is 2. The third kappa shape index (κ3) is 3.61. The quantitative estimate of drug-likeness (QED) is 0.827. The van der Waals surface area contributed by atoms with E-state index in [1.807, 2.05) is 41.7 Å². The molecule has 8 heteroatoms. The lowest BCUT2D eigenvalue weighted by Gasteiger charge is -2.34. The summed E-state index contributed by atoms with van der Waals surface area (Å²) in [5, 5.41) is 5.99. The van der Waals surface area contributed by atoms with E-state index in [9.17, 15) is 13.2 Å². The van der Waals surface area contributed by atoms with Gasteiger partial charge in [0, 0.05) is 23.4 Å². The highest BCUT2D eigenvalue weighted by atomic mass is 32.2. The van der Waals surface area contributed by atoms with Crippen molar-refractivity contribution in [3.8, 4) is 0 Å². The summed E-state index contributed by atoms with van der Waals surface area (Å²) >= 11 is 3.80. The zero-order valence-corrected chi connectivity index (χ0v) is 16.0. The highest BCUT2D eigenvalue weighted by Gasteiger charge is 2.48. The van der Waals surface area contributed by atoms with Crippen LogP contribution in [-0.2, 0) is 14.6 Å². The van der Waals surface area contributed by atoms with E-state index in [0.717, 1.165) is 11.5 Å². The van der Waals surface area contributed by atoms with E-state index < -0.39 is 20.5 Å². The first-order valence-electron chi connectivity index (χ1n) is 7.97. The lowest BCUT2D eigenvalue weighted by Crippen LogP contribution is -2.55. The van der Waals surface area contributed by atoms with Crippen LogP contribution in [0.1, 0.15) is 23.0 Å². The number of benzene rings is 1. The summed E-state index contributed by atoms with van der Waals surface area (Å²) in [5.74, 6) is 1.86. The molecule has 0 unspecified atom stereocenters. The monoisotopic (exact) mass is 386 g/mol. The summed E-state index contributed by atoms with van der Waals surface area (Å²) in [7, 11) is -3.49. The molecule has 24 heavy (non-hydrogen) atoms. The highest BCUT2D eigenvalue weighted by Crippen LogP contribution is 2.45. The molecule has 2 aliphatic rings. The summed E-state index contributed by atoms with van der Waals surface area (Å²) in [6.07, 6.45) is 1.79. The molecule has 2 aliphatic heterocycles. The van der Waals surface area contributed by atoms with Gasteiger partial charge in [0.15, 0.2) is 14.6 Å². The van der Waals surface area contributed by atoms with E-state index in [1.165, 1.54) is 11.8 Å². The van der Waals surface area contributed by atoms with Gasteiger partial charge in [-0.3, -0.25) is 4.79 Å². The van der Waals surface area contributed by atoms with Crippen molar-refractivity contribution < 1.29 is 13.2 Å². The van der Waals surface area contributed by atoms with E-state index in [-0.39, 0.29) is 0 Å². The Labute approximate surface area is 151 Å². The normalized spacial score (nSPS) is 21.5. The van der Waals surface area contributed by atoms with Gasteiger partial charge in [-0.25, -0.2) is 8.42 Å². The smallest absolute Gasteiger partial charge is 0.245 e. The van der Waals surface area contributed by atoms with Crippen LogP contribution < -0.4 is 10.6 Å². The van der Waals surface area contributed by atoms with Gasteiger partial charge in [0.1, 0.15) is 0 Å². The molecule has 1 aromatic rings. The maximum Gasteiger partial charge on any atom is 0.245 e. The van der Waals surface area contributed by atoms with Crippen LogP contribution in [0.25, 0.3) is 0 Å². The first-order chi connectivity index (χ1) is 11.4. The lowest BCUT2D eigenvalue weighted by atomic mass is 9.95. The number of amides is 1.